The molecule has 0 bridgehead atoms. The summed E-state index contributed by atoms with van der Waals surface area (Å²) in [5.74, 6) is -7.65. The molecule has 0 aromatic heterocycles. The number of rotatable bonds is 11. The molecule has 7 aliphatic rings. The van der Waals surface area contributed by atoms with Crippen molar-refractivity contribution in [2.24, 2.45) is 29.6 Å². The molecule has 352 valence electrons. The van der Waals surface area contributed by atoms with Crippen LogP contribution < -0.4 is 0 Å². The Morgan fingerprint density at radius 3 is 2.20 bits per heavy atom. The highest BCUT2D eigenvalue weighted by atomic mass is 16.7. The van der Waals surface area contributed by atoms with Gasteiger partial charge in [-0.2, -0.15) is 0 Å². The predicted octanol–water partition coefficient (Wildman–Crippen LogP) is 4.04. The van der Waals surface area contributed by atoms with Crippen molar-refractivity contribution in [3.63, 3.8) is 0 Å². The van der Waals surface area contributed by atoms with Crippen molar-refractivity contribution >= 4 is 5.97 Å². The normalized spacial score (nSPS) is 54.9. The third kappa shape index (κ3) is 9.09. The highest BCUT2D eigenvalue weighted by Crippen LogP contribution is 2.54. The molecule has 23 atom stereocenters. The zero-order chi connectivity index (χ0) is 44.6. The van der Waals surface area contributed by atoms with Crippen molar-refractivity contribution in [3.05, 3.63) is 0 Å². The molecule has 7 saturated heterocycles. The molecule has 1 spiro atoms. The Kier molecular flexibility index (Phi) is 13.8. The van der Waals surface area contributed by atoms with E-state index in [1.807, 2.05) is 34.6 Å². The molecule has 16 heteroatoms. The monoisotopic (exact) mass is 873 g/mol. The summed E-state index contributed by atoms with van der Waals surface area (Å²) >= 11 is 0. The number of hydrogen-bond donors (Lipinski definition) is 5. The fourth-order valence-corrected chi connectivity index (χ4v) is 12.0. The van der Waals surface area contributed by atoms with Gasteiger partial charge in [-0.25, -0.2) is 0 Å². The van der Waals surface area contributed by atoms with Gasteiger partial charge >= 0.3 is 5.97 Å². The minimum Gasteiger partial charge on any atom is -0.481 e. The van der Waals surface area contributed by atoms with Gasteiger partial charge in [-0.15, -0.1) is 0 Å². The molecule has 0 aliphatic carbocycles. The Balaban J connectivity index is 1.08. The molecule has 7 heterocycles. The number of aliphatic carboxylic acids is 1. The average molecular weight is 873 g/mol. The zero-order valence-corrected chi connectivity index (χ0v) is 38.2. The average Bonchev–Trinajstić information content (AvgIpc) is 3.89. The van der Waals surface area contributed by atoms with Crippen molar-refractivity contribution in [2.45, 2.75) is 235 Å². The van der Waals surface area contributed by atoms with E-state index in [0.717, 1.165) is 12.8 Å². The third-order valence-corrected chi connectivity index (χ3v) is 16.2. The van der Waals surface area contributed by atoms with Gasteiger partial charge in [0, 0.05) is 63.6 Å². The van der Waals surface area contributed by atoms with Crippen molar-refractivity contribution in [1.29, 1.82) is 0 Å². The van der Waals surface area contributed by atoms with E-state index in [2.05, 4.69) is 13.8 Å². The summed E-state index contributed by atoms with van der Waals surface area (Å²) in [6, 6.07) is 0. The van der Waals surface area contributed by atoms with Crippen LogP contribution in [0.1, 0.15) is 127 Å². The van der Waals surface area contributed by atoms with Crippen LogP contribution in [0.15, 0.2) is 0 Å². The molecule has 7 fully saturated rings. The summed E-state index contributed by atoms with van der Waals surface area (Å²) in [5.41, 5.74) is -1.57. The first kappa shape index (κ1) is 47.9. The number of ether oxygens (including phenoxy) is 10. The Bertz CT molecular complexity index is 1530. The summed E-state index contributed by atoms with van der Waals surface area (Å²) in [7, 11) is 3.14. The molecule has 0 saturated carbocycles. The van der Waals surface area contributed by atoms with Crippen LogP contribution in [0.25, 0.3) is 0 Å². The number of methoxy groups -OCH3 is 2. The van der Waals surface area contributed by atoms with Crippen LogP contribution in [0.5, 0.6) is 0 Å². The topological polar surface area (TPSA) is 211 Å². The summed E-state index contributed by atoms with van der Waals surface area (Å²) in [6.07, 6.45) is -2.26. The van der Waals surface area contributed by atoms with Gasteiger partial charge in [-0.05, 0) is 65.7 Å². The van der Waals surface area contributed by atoms with Crippen LogP contribution in [0, 0.1) is 29.6 Å². The van der Waals surface area contributed by atoms with Gasteiger partial charge in [0.05, 0.1) is 78.7 Å². The Labute approximate surface area is 361 Å². The van der Waals surface area contributed by atoms with Gasteiger partial charge in [0.25, 0.3) is 0 Å². The fraction of sp³-hybridized carbons (Fsp3) is 0.978. The van der Waals surface area contributed by atoms with Crippen LogP contribution in [0.4, 0.5) is 0 Å². The highest BCUT2D eigenvalue weighted by molar-refractivity contribution is 5.68. The standard InChI is InChI=1S/C45H76O16/c1-22-18-23(2)43(9,50)58-36(22)30-19-31(55-34-13-12-29(52-10)27(6)54-34)40(56-30)42(8)15-14-32(57-42)41(7)16-17-44(61-41)20-28(46)24(3)37(59-44)25(4)38-39(53-11)35(49)26(5)45(51,60-38)21-33(47)48/h22-32,34-40,46,49-51H,12-21H2,1-11H3,(H,47,48)/t22-,23+,24+,25+,26-,27+,28-,29-,30?,31-,32+,34-,35-,36-,37-,38-,39+,40+,41-,42-,43-,44+,45+/m0/s1. The second-order valence-electron chi connectivity index (χ2n) is 20.7. The molecule has 61 heavy (non-hydrogen) atoms. The summed E-state index contributed by atoms with van der Waals surface area (Å²) < 4.78 is 65.1. The van der Waals surface area contributed by atoms with Crippen LogP contribution in [0.3, 0.4) is 0 Å². The Morgan fingerprint density at radius 2 is 1.54 bits per heavy atom. The number of carboxylic acids is 1. The van der Waals surface area contributed by atoms with E-state index in [1.54, 1.807) is 14.0 Å². The molecule has 1 unspecified atom stereocenters. The maximum absolute atomic E-state index is 11.8. The number of aliphatic hydroxyl groups is 4. The Morgan fingerprint density at radius 1 is 0.820 bits per heavy atom. The molecule has 0 aromatic rings. The molecule has 7 rings (SSSR count). The van der Waals surface area contributed by atoms with Crippen molar-refractivity contribution in [3.8, 4) is 0 Å². The van der Waals surface area contributed by atoms with E-state index in [1.165, 1.54) is 14.0 Å². The second-order valence-corrected chi connectivity index (χ2v) is 20.7. The Hall–Kier alpha value is -1.09. The summed E-state index contributed by atoms with van der Waals surface area (Å²) in [5, 5.41) is 55.1. The predicted molar refractivity (Wildman–Crippen MR) is 217 cm³/mol. The molecular formula is C45H76O16. The van der Waals surface area contributed by atoms with Gasteiger partial charge in [0.15, 0.2) is 23.7 Å². The number of carboxylic acid groups (broad SMARTS) is 1. The first-order valence-corrected chi connectivity index (χ1v) is 22.9. The lowest BCUT2D eigenvalue weighted by Gasteiger charge is -2.53. The fourth-order valence-electron chi connectivity index (χ4n) is 12.0. The van der Waals surface area contributed by atoms with Gasteiger partial charge in [0.1, 0.15) is 12.2 Å². The minimum atomic E-state index is -2.15. The number of aliphatic hydroxyl groups excluding tert-OH is 2. The maximum Gasteiger partial charge on any atom is 0.308 e. The quantitative estimate of drug-likeness (QED) is 0.198. The number of carbonyl (C=O) groups is 1. The molecule has 16 nitrogen and oxygen atoms in total. The van der Waals surface area contributed by atoms with Crippen LogP contribution in [-0.2, 0) is 52.2 Å². The lowest BCUT2D eigenvalue weighted by molar-refractivity contribution is -0.363. The highest BCUT2D eigenvalue weighted by Gasteiger charge is 2.63. The van der Waals surface area contributed by atoms with Crippen LogP contribution in [0.2, 0.25) is 0 Å². The minimum absolute atomic E-state index is 0.00446. The van der Waals surface area contributed by atoms with Crippen molar-refractivity contribution in [1.82, 2.24) is 0 Å². The lowest BCUT2D eigenvalue weighted by atomic mass is 9.75. The smallest absolute Gasteiger partial charge is 0.308 e. The van der Waals surface area contributed by atoms with Gasteiger partial charge in [-0.3, -0.25) is 4.79 Å². The van der Waals surface area contributed by atoms with Crippen LogP contribution in [-0.4, -0.2) is 154 Å². The van der Waals surface area contributed by atoms with Crippen LogP contribution >= 0.6 is 0 Å². The van der Waals surface area contributed by atoms with E-state index in [4.69, 9.17) is 47.4 Å². The van der Waals surface area contributed by atoms with E-state index in [0.29, 0.717) is 38.5 Å². The second kappa shape index (κ2) is 17.6. The van der Waals surface area contributed by atoms with Crippen molar-refractivity contribution in [2.75, 3.05) is 14.2 Å². The SMILES string of the molecule is CO[C@@H]1[C@@H](O)[C@H](C)[C@@](O)(CC(=O)O)O[C@H]1[C@H](C)[C@H]1O[C@@]2(CC[C@@](C)([C@H]3CC[C@@](C)([C@@H]4OC([C@H]5O[C@](C)(O)[C@H](C)C[C@@H]5C)C[C@@H]4O[C@H]4CC[C@H](OC)[C@@H](C)O4)O3)O2)C[C@H](O)[C@H]1C. The third-order valence-electron chi connectivity index (χ3n) is 16.2. The van der Waals surface area contributed by atoms with E-state index < -0.39 is 102 Å². The van der Waals surface area contributed by atoms with E-state index in [9.17, 15) is 30.3 Å². The lowest BCUT2D eigenvalue weighted by Crippen LogP contribution is -2.65. The molecule has 7 aliphatic heterocycles. The van der Waals surface area contributed by atoms with Gasteiger partial charge in [0.2, 0.25) is 0 Å². The number of hydrogen-bond acceptors (Lipinski definition) is 15. The first-order chi connectivity index (χ1) is 28.5. The summed E-state index contributed by atoms with van der Waals surface area (Å²) in [6.45, 7) is 17.3. The largest absolute Gasteiger partial charge is 0.481 e. The zero-order valence-electron chi connectivity index (χ0n) is 38.2. The van der Waals surface area contributed by atoms with E-state index >= 15 is 0 Å². The van der Waals surface area contributed by atoms with Gasteiger partial charge < -0.3 is 72.9 Å². The van der Waals surface area contributed by atoms with E-state index in [-0.39, 0.29) is 54.9 Å². The molecule has 0 amide bonds. The maximum atomic E-state index is 11.8. The molecular weight excluding hydrogens is 796 g/mol. The van der Waals surface area contributed by atoms with Gasteiger partial charge in [-0.1, -0.05) is 34.6 Å². The molecule has 0 aromatic carbocycles. The molecule has 5 N–H and O–H groups in total. The summed E-state index contributed by atoms with van der Waals surface area (Å²) in [4.78, 5) is 11.8. The molecule has 0 radical (unpaired) electrons. The van der Waals surface area contributed by atoms with Crippen molar-refractivity contribution < 1.29 is 77.7 Å². The first-order valence-electron chi connectivity index (χ1n) is 22.9.